The number of halogens is 1. The molecule has 0 aliphatic carbocycles. The molecule has 3 aromatic carbocycles. The normalized spacial score (nSPS) is 11.0. The third-order valence-corrected chi connectivity index (χ3v) is 5.24. The Morgan fingerprint density at radius 3 is 1.80 bits per heavy atom. The molecular formula is C20H15FNO2P. The molecule has 3 nitrogen and oxygen atoms in total. The van der Waals surface area contributed by atoms with Gasteiger partial charge in [-0.2, -0.15) is 4.39 Å². The zero-order chi connectivity index (χ0) is 17.1. The van der Waals surface area contributed by atoms with Crippen molar-refractivity contribution in [2.75, 3.05) is 0 Å². The molecular weight excluding hydrogens is 336 g/mol. The highest BCUT2D eigenvalue weighted by molar-refractivity contribution is 7.57. The van der Waals surface area contributed by atoms with Crippen molar-refractivity contribution >= 4 is 24.6 Å². The number of H-pyrrole nitrogens is 1. The number of rotatable bonds is 5. The van der Waals surface area contributed by atoms with Crippen LogP contribution in [0.4, 0.5) is 4.39 Å². The maximum absolute atomic E-state index is 14.7. The van der Waals surface area contributed by atoms with Crippen LogP contribution in [0.3, 0.4) is 0 Å². The molecule has 0 radical (unpaired) electrons. The van der Waals surface area contributed by atoms with Gasteiger partial charge in [0.25, 0.3) is 0 Å². The van der Waals surface area contributed by atoms with Crippen molar-refractivity contribution in [3.63, 3.8) is 0 Å². The van der Waals surface area contributed by atoms with Crippen molar-refractivity contribution in [1.29, 1.82) is 0 Å². The topological polar surface area (TPSA) is 34.2 Å². The molecule has 1 heterocycles. The first-order valence-corrected chi connectivity index (χ1v) is 9.01. The Hall–Kier alpha value is -2.84. The summed E-state index contributed by atoms with van der Waals surface area (Å²) in [6.07, 6.45) is 0. The van der Waals surface area contributed by atoms with Crippen LogP contribution in [0, 0.1) is 5.95 Å². The number of fused-ring (bicyclic) bond motifs is 1. The fraction of sp³-hybridized carbons (Fsp3) is 0. The minimum Gasteiger partial charge on any atom is -0.435 e. The quantitative estimate of drug-likeness (QED) is 0.488. The molecule has 5 heteroatoms. The van der Waals surface area contributed by atoms with Gasteiger partial charge in [0, 0.05) is 10.9 Å². The Kier molecular flexibility index (Phi) is 4.36. The summed E-state index contributed by atoms with van der Waals surface area (Å²) in [5.74, 6) is 0.836. The average Bonchev–Trinajstić information content (AvgIpc) is 2.98. The molecule has 0 saturated carbocycles. The molecule has 0 aliphatic rings. The lowest BCUT2D eigenvalue weighted by Crippen LogP contribution is -2.12. The van der Waals surface area contributed by atoms with E-state index in [9.17, 15) is 4.39 Å². The summed E-state index contributed by atoms with van der Waals surface area (Å²) in [5, 5.41) is 1.18. The second-order valence-corrected chi connectivity index (χ2v) is 6.73. The Morgan fingerprint density at radius 1 is 0.680 bits per heavy atom. The van der Waals surface area contributed by atoms with E-state index in [1.807, 2.05) is 84.9 Å². The third kappa shape index (κ3) is 3.35. The second kappa shape index (κ2) is 6.96. The number of hydrogen-bond acceptors (Lipinski definition) is 2. The maximum atomic E-state index is 14.7. The summed E-state index contributed by atoms with van der Waals surface area (Å²) in [5.41, 5.74) is 0.718. The monoisotopic (exact) mass is 351 g/mol. The number of para-hydroxylation sites is 3. The van der Waals surface area contributed by atoms with Crippen molar-refractivity contribution in [1.82, 2.24) is 4.98 Å². The second-order valence-electron chi connectivity index (χ2n) is 5.40. The van der Waals surface area contributed by atoms with Crippen LogP contribution < -0.4 is 14.4 Å². The van der Waals surface area contributed by atoms with Gasteiger partial charge in [0.1, 0.15) is 16.8 Å². The fourth-order valence-electron chi connectivity index (χ4n) is 2.54. The van der Waals surface area contributed by atoms with Gasteiger partial charge >= 0.3 is 8.38 Å². The zero-order valence-electron chi connectivity index (χ0n) is 13.2. The Bertz CT molecular complexity index is 931. The molecule has 0 saturated heterocycles. The van der Waals surface area contributed by atoms with Gasteiger partial charge < -0.3 is 14.0 Å². The van der Waals surface area contributed by atoms with Crippen LogP contribution in [-0.2, 0) is 0 Å². The number of aromatic amines is 1. The summed E-state index contributed by atoms with van der Waals surface area (Å²) >= 11 is 0. The van der Waals surface area contributed by atoms with Gasteiger partial charge in [-0.3, -0.25) is 0 Å². The summed E-state index contributed by atoms with van der Waals surface area (Å²) in [6.45, 7) is 0. The van der Waals surface area contributed by atoms with Crippen LogP contribution in [0.5, 0.6) is 11.5 Å². The lowest BCUT2D eigenvalue weighted by atomic mass is 10.2. The molecule has 4 rings (SSSR count). The van der Waals surface area contributed by atoms with Gasteiger partial charge in [-0.05, 0) is 30.3 Å². The van der Waals surface area contributed by atoms with Crippen LogP contribution in [-0.4, -0.2) is 4.98 Å². The van der Waals surface area contributed by atoms with E-state index in [0.717, 1.165) is 10.9 Å². The predicted molar refractivity (Wildman–Crippen MR) is 99.0 cm³/mol. The summed E-state index contributed by atoms with van der Waals surface area (Å²) in [7, 11) is -1.70. The molecule has 0 atom stereocenters. The minimum absolute atomic E-state index is 0.415. The zero-order valence-corrected chi connectivity index (χ0v) is 14.1. The van der Waals surface area contributed by atoms with Gasteiger partial charge in [-0.25, -0.2) is 0 Å². The molecule has 0 bridgehead atoms. The Balaban J connectivity index is 1.77. The number of hydrogen-bond donors (Lipinski definition) is 1. The number of nitrogens with one attached hydrogen (secondary N) is 1. The highest BCUT2D eigenvalue weighted by Gasteiger charge is 2.27. The number of benzene rings is 3. The Labute approximate surface area is 146 Å². The molecule has 0 spiro atoms. The van der Waals surface area contributed by atoms with E-state index < -0.39 is 14.3 Å². The van der Waals surface area contributed by atoms with E-state index in [1.54, 1.807) is 0 Å². The van der Waals surface area contributed by atoms with E-state index in [0.29, 0.717) is 16.8 Å². The molecule has 0 aliphatic heterocycles. The average molecular weight is 351 g/mol. The lowest BCUT2D eigenvalue weighted by Gasteiger charge is -2.18. The van der Waals surface area contributed by atoms with Crippen molar-refractivity contribution in [3.8, 4) is 11.5 Å². The van der Waals surface area contributed by atoms with Crippen molar-refractivity contribution in [2.24, 2.45) is 0 Å². The highest BCUT2D eigenvalue weighted by atomic mass is 31.2. The van der Waals surface area contributed by atoms with Crippen LogP contribution in [0.15, 0.2) is 84.9 Å². The van der Waals surface area contributed by atoms with E-state index in [1.165, 1.54) is 0 Å². The van der Waals surface area contributed by atoms with E-state index in [4.69, 9.17) is 9.05 Å². The molecule has 0 amide bonds. The first kappa shape index (κ1) is 15.7. The molecule has 25 heavy (non-hydrogen) atoms. The van der Waals surface area contributed by atoms with Crippen molar-refractivity contribution in [2.45, 2.75) is 0 Å². The first-order chi connectivity index (χ1) is 12.3. The summed E-state index contributed by atoms with van der Waals surface area (Å²) < 4.78 is 26.7. The number of aromatic nitrogens is 1. The van der Waals surface area contributed by atoms with E-state index >= 15 is 0 Å². The van der Waals surface area contributed by atoms with Gasteiger partial charge in [0.15, 0.2) is 0 Å². The highest BCUT2D eigenvalue weighted by Crippen LogP contribution is 2.42. The fourth-order valence-corrected chi connectivity index (χ4v) is 3.99. The smallest absolute Gasteiger partial charge is 0.331 e. The van der Waals surface area contributed by atoms with Gasteiger partial charge in [-0.1, -0.05) is 54.6 Å². The van der Waals surface area contributed by atoms with Crippen LogP contribution in [0.25, 0.3) is 10.9 Å². The largest absolute Gasteiger partial charge is 0.435 e. The van der Waals surface area contributed by atoms with Crippen LogP contribution >= 0.6 is 8.38 Å². The first-order valence-electron chi connectivity index (χ1n) is 7.83. The molecule has 1 N–H and O–H groups in total. The summed E-state index contributed by atoms with van der Waals surface area (Å²) in [6, 6.07) is 26.0. The van der Waals surface area contributed by atoms with Crippen LogP contribution in [0.1, 0.15) is 0 Å². The van der Waals surface area contributed by atoms with Crippen molar-refractivity contribution < 1.29 is 13.4 Å². The third-order valence-electron chi connectivity index (χ3n) is 3.68. The minimum atomic E-state index is -1.70. The standard InChI is InChI=1S/C20H15FNO2P/c21-20-19(17-13-7-8-14-18(17)22-20)25(23-15-9-3-1-4-10-15)24-16-11-5-2-6-12-16/h1-14,22H. The molecule has 0 fully saturated rings. The van der Waals surface area contributed by atoms with Gasteiger partial charge in [0.05, 0.1) is 0 Å². The van der Waals surface area contributed by atoms with Crippen LogP contribution in [0.2, 0.25) is 0 Å². The maximum Gasteiger partial charge on any atom is 0.331 e. The van der Waals surface area contributed by atoms with E-state index in [2.05, 4.69) is 4.98 Å². The molecule has 124 valence electrons. The SMILES string of the molecule is Fc1[nH]c2ccccc2c1P(Oc1ccccc1)Oc1ccccc1. The van der Waals surface area contributed by atoms with Gasteiger partial charge in [0.2, 0.25) is 5.95 Å². The predicted octanol–water partition coefficient (Wildman–Crippen LogP) is 5.40. The summed E-state index contributed by atoms with van der Waals surface area (Å²) in [4.78, 5) is 2.77. The van der Waals surface area contributed by atoms with E-state index in [-0.39, 0.29) is 0 Å². The lowest BCUT2D eigenvalue weighted by molar-refractivity contribution is 0.498. The van der Waals surface area contributed by atoms with Gasteiger partial charge in [-0.15, -0.1) is 0 Å². The molecule has 1 aromatic heterocycles. The molecule has 4 aromatic rings. The van der Waals surface area contributed by atoms with Crippen molar-refractivity contribution in [3.05, 3.63) is 90.9 Å². The molecule has 0 unspecified atom stereocenters. The Morgan fingerprint density at radius 2 is 1.20 bits per heavy atom.